The number of fused-ring (bicyclic) bond motifs is 1. The maximum absolute atomic E-state index is 13.1. The Hall–Kier alpha value is -1.99. The molecule has 0 unspecified atom stereocenters. The molecule has 2 aliphatic heterocycles. The number of sulfonamides is 1. The Labute approximate surface area is 147 Å². The van der Waals surface area contributed by atoms with Gasteiger partial charge in [0.15, 0.2) is 0 Å². The minimum Gasteiger partial charge on any atom is -0.340 e. The summed E-state index contributed by atoms with van der Waals surface area (Å²) in [5, 5.41) is 0.820. The molecule has 0 atom stereocenters. The molecule has 2 aliphatic rings. The summed E-state index contributed by atoms with van der Waals surface area (Å²) in [6.45, 7) is 1.70. The van der Waals surface area contributed by atoms with Crippen LogP contribution in [0.3, 0.4) is 0 Å². The van der Waals surface area contributed by atoms with Crippen LogP contribution in [0.5, 0.6) is 0 Å². The Morgan fingerprint density at radius 3 is 2.52 bits per heavy atom. The quantitative estimate of drug-likeness (QED) is 0.840. The number of carbonyl (C=O) groups is 1. The van der Waals surface area contributed by atoms with Crippen LogP contribution < -0.4 is 0 Å². The van der Waals surface area contributed by atoms with E-state index in [4.69, 9.17) is 0 Å². The van der Waals surface area contributed by atoms with Crippen molar-refractivity contribution in [2.45, 2.75) is 36.6 Å². The Morgan fingerprint density at radius 2 is 1.80 bits per heavy atom. The molecule has 25 heavy (non-hydrogen) atoms. The highest BCUT2D eigenvalue weighted by Gasteiger charge is 2.35. The number of carbonyl (C=O) groups excluding carboxylic acids is 1. The van der Waals surface area contributed by atoms with Gasteiger partial charge in [0.05, 0.1) is 5.52 Å². The van der Waals surface area contributed by atoms with Gasteiger partial charge in [0, 0.05) is 43.7 Å². The van der Waals surface area contributed by atoms with Gasteiger partial charge < -0.3 is 4.90 Å². The smallest absolute Gasteiger partial charge is 0.245 e. The fourth-order valence-electron chi connectivity index (χ4n) is 3.87. The summed E-state index contributed by atoms with van der Waals surface area (Å²) in [6, 6.07) is 9.09. The van der Waals surface area contributed by atoms with Crippen molar-refractivity contribution in [2.24, 2.45) is 0 Å². The minimum atomic E-state index is -3.58. The van der Waals surface area contributed by atoms with Gasteiger partial charge in [0.2, 0.25) is 15.9 Å². The number of amides is 1. The van der Waals surface area contributed by atoms with Crippen molar-refractivity contribution in [3.63, 3.8) is 0 Å². The van der Waals surface area contributed by atoms with Crippen LogP contribution in [0.4, 0.5) is 0 Å². The molecule has 2 aromatic rings. The Balaban J connectivity index is 1.56. The molecule has 1 aromatic heterocycles. The molecule has 0 aliphatic carbocycles. The van der Waals surface area contributed by atoms with Crippen LogP contribution in [0.25, 0.3) is 10.9 Å². The van der Waals surface area contributed by atoms with Crippen molar-refractivity contribution < 1.29 is 13.2 Å². The first-order valence-electron chi connectivity index (χ1n) is 8.71. The number of para-hydroxylation sites is 1. The van der Waals surface area contributed by atoms with Crippen LogP contribution >= 0.6 is 0 Å². The van der Waals surface area contributed by atoms with E-state index >= 15 is 0 Å². The van der Waals surface area contributed by atoms with Gasteiger partial charge >= 0.3 is 0 Å². The van der Waals surface area contributed by atoms with Crippen LogP contribution in [0.1, 0.15) is 25.7 Å². The maximum Gasteiger partial charge on any atom is 0.245 e. The van der Waals surface area contributed by atoms with E-state index in [9.17, 15) is 13.2 Å². The van der Waals surface area contributed by atoms with Crippen molar-refractivity contribution in [3.05, 3.63) is 36.5 Å². The first kappa shape index (κ1) is 16.5. The van der Waals surface area contributed by atoms with Crippen LogP contribution in [0.15, 0.2) is 41.4 Å². The zero-order valence-corrected chi connectivity index (χ0v) is 14.8. The Kier molecular flexibility index (Phi) is 4.21. The molecule has 0 radical (unpaired) electrons. The highest BCUT2D eigenvalue weighted by Crippen LogP contribution is 2.28. The zero-order valence-electron chi connectivity index (χ0n) is 14.0. The molecule has 0 N–H and O–H groups in total. The summed E-state index contributed by atoms with van der Waals surface area (Å²) in [5.41, 5.74) is 0.516. The van der Waals surface area contributed by atoms with Crippen molar-refractivity contribution >= 4 is 26.8 Å². The average Bonchev–Trinajstić information content (AvgIpc) is 3.07. The fourth-order valence-corrected chi connectivity index (χ4v) is 5.51. The lowest BCUT2D eigenvalue weighted by atomic mass is 10.1. The maximum atomic E-state index is 13.1. The summed E-state index contributed by atoms with van der Waals surface area (Å²) in [4.78, 5) is 18.4. The molecule has 132 valence electrons. The summed E-state index contributed by atoms with van der Waals surface area (Å²) in [5.74, 6) is 0.208. The van der Waals surface area contributed by atoms with E-state index in [2.05, 4.69) is 4.98 Å². The fraction of sp³-hybridized carbons (Fsp3) is 0.444. The minimum absolute atomic E-state index is 0.173. The van der Waals surface area contributed by atoms with Gasteiger partial charge in [-0.2, -0.15) is 4.31 Å². The molecule has 0 spiro atoms. The number of likely N-dealkylation sites (tertiary alicyclic amines) is 1. The molecule has 1 aromatic carbocycles. The lowest BCUT2D eigenvalue weighted by Crippen LogP contribution is -2.47. The van der Waals surface area contributed by atoms with Crippen LogP contribution in [-0.4, -0.2) is 54.2 Å². The highest BCUT2D eigenvalue weighted by molar-refractivity contribution is 7.89. The standard InChI is InChI=1S/C18H21N3O3S/c22-17-7-3-11-21(17)15-8-12-20(13-9-15)25(23,24)16-6-1-4-14-5-2-10-19-18(14)16/h1-2,4-6,10,15H,3,7-9,11-13H2. The zero-order chi connectivity index (χ0) is 17.4. The third kappa shape index (κ3) is 2.91. The number of rotatable bonds is 3. The summed E-state index contributed by atoms with van der Waals surface area (Å²) in [6.07, 6.45) is 4.55. The SMILES string of the molecule is O=C1CCCN1C1CCN(S(=O)(=O)c2cccc3cccnc23)CC1. The van der Waals surface area contributed by atoms with E-state index in [0.717, 1.165) is 18.4 Å². The van der Waals surface area contributed by atoms with Crippen molar-refractivity contribution in [1.82, 2.24) is 14.2 Å². The normalized spacial score (nSPS) is 20.5. The molecular formula is C18H21N3O3S. The largest absolute Gasteiger partial charge is 0.340 e. The van der Waals surface area contributed by atoms with Gasteiger partial charge in [-0.15, -0.1) is 0 Å². The molecule has 6 nitrogen and oxygen atoms in total. The second-order valence-corrected chi connectivity index (χ2v) is 8.56. The van der Waals surface area contributed by atoms with Gasteiger partial charge in [-0.25, -0.2) is 8.42 Å². The van der Waals surface area contributed by atoms with Crippen molar-refractivity contribution in [3.8, 4) is 0 Å². The van der Waals surface area contributed by atoms with Crippen molar-refractivity contribution in [2.75, 3.05) is 19.6 Å². The van der Waals surface area contributed by atoms with E-state index in [1.807, 2.05) is 17.0 Å². The molecular weight excluding hydrogens is 338 g/mol. The van der Waals surface area contributed by atoms with E-state index in [1.165, 1.54) is 4.31 Å². The summed E-state index contributed by atoms with van der Waals surface area (Å²) in [7, 11) is -3.58. The summed E-state index contributed by atoms with van der Waals surface area (Å²) >= 11 is 0. The second kappa shape index (κ2) is 6.38. The number of aromatic nitrogens is 1. The van der Waals surface area contributed by atoms with Gasteiger partial charge in [-0.3, -0.25) is 9.78 Å². The number of benzene rings is 1. The first-order chi connectivity index (χ1) is 12.1. The monoisotopic (exact) mass is 359 g/mol. The molecule has 3 heterocycles. The Bertz CT molecular complexity index is 899. The molecule has 1 amide bonds. The van der Waals surface area contributed by atoms with Gasteiger partial charge in [0.25, 0.3) is 0 Å². The third-order valence-corrected chi connectivity index (χ3v) is 7.12. The number of piperidine rings is 1. The second-order valence-electron chi connectivity index (χ2n) is 6.66. The Morgan fingerprint density at radius 1 is 1.04 bits per heavy atom. The van der Waals surface area contributed by atoms with Crippen LogP contribution in [-0.2, 0) is 14.8 Å². The first-order valence-corrected chi connectivity index (χ1v) is 10.1. The number of hydrogen-bond acceptors (Lipinski definition) is 4. The van der Waals surface area contributed by atoms with E-state index in [0.29, 0.717) is 37.9 Å². The number of hydrogen-bond donors (Lipinski definition) is 0. The van der Waals surface area contributed by atoms with E-state index < -0.39 is 10.0 Å². The number of pyridine rings is 1. The van der Waals surface area contributed by atoms with Crippen LogP contribution in [0.2, 0.25) is 0 Å². The molecule has 4 rings (SSSR count). The molecule has 2 saturated heterocycles. The lowest BCUT2D eigenvalue weighted by molar-refractivity contribution is -0.130. The molecule has 0 bridgehead atoms. The average molecular weight is 359 g/mol. The number of nitrogens with zero attached hydrogens (tertiary/aromatic N) is 3. The highest BCUT2D eigenvalue weighted by atomic mass is 32.2. The third-order valence-electron chi connectivity index (χ3n) is 5.19. The summed E-state index contributed by atoms with van der Waals surface area (Å²) < 4.78 is 27.7. The van der Waals surface area contributed by atoms with Gasteiger partial charge in [0.1, 0.15) is 4.90 Å². The van der Waals surface area contributed by atoms with E-state index in [-0.39, 0.29) is 16.8 Å². The van der Waals surface area contributed by atoms with Crippen LogP contribution in [0, 0.1) is 0 Å². The van der Waals surface area contributed by atoms with Gasteiger partial charge in [-0.05, 0) is 31.4 Å². The molecule has 0 saturated carbocycles. The van der Waals surface area contributed by atoms with Gasteiger partial charge in [-0.1, -0.05) is 18.2 Å². The van der Waals surface area contributed by atoms with Crippen molar-refractivity contribution in [1.29, 1.82) is 0 Å². The van der Waals surface area contributed by atoms with E-state index in [1.54, 1.807) is 24.4 Å². The topological polar surface area (TPSA) is 70.6 Å². The lowest BCUT2D eigenvalue weighted by Gasteiger charge is -2.36. The molecule has 2 fully saturated rings. The molecule has 7 heteroatoms. The predicted molar refractivity (Wildman–Crippen MR) is 94.5 cm³/mol. The predicted octanol–water partition coefficient (Wildman–Crippen LogP) is 2.01.